The summed E-state index contributed by atoms with van der Waals surface area (Å²) < 4.78 is 6.15. The number of anilines is 1. The summed E-state index contributed by atoms with van der Waals surface area (Å²) in [4.78, 5) is 40.2. The maximum absolute atomic E-state index is 12.5. The van der Waals surface area contributed by atoms with Crippen molar-refractivity contribution in [3.63, 3.8) is 0 Å². The highest BCUT2D eigenvalue weighted by molar-refractivity contribution is 8.01. The largest absolute Gasteiger partial charge is 0.444 e. The molecule has 0 saturated carbocycles. The lowest BCUT2D eigenvalue weighted by molar-refractivity contribution is -0.132. The first-order valence-electron chi connectivity index (χ1n) is 9.80. The fraction of sp³-hybridized carbons (Fsp3) is 0.632. The van der Waals surface area contributed by atoms with Crippen molar-refractivity contribution >= 4 is 46.1 Å². The molecule has 166 valence electrons. The number of nitrogens with zero attached hydrogens (tertiary/aromatic N) is 4. The molecule has 1 aliphatic rings. The number of aromatic nitrogens is 2. The summed E-state index contributed by atoms with van der Waals surface area (Å²) in [7, 11) is 0. The Labute approximate surface area is 185 Å². The molecule has 0 spiro atoms. The van der Waals surface area contributed by atoms with Crippen molar-refractivity contribution in [2.24, 2.45) is 0 Å². The molecule has 1 aliphatic heterocycles. The third-order valence-electron chi connectivity index (χ3n) is 4.04. The van der Waals surface area contributed by atoms with Gasteiger partial charge in [-0.1, -0.05) is 29.2 Å². The van der Waals surface area contributed by atoms with Crippen LogP contribution in [0.15, 0.2) is 17.0 Å². The molecule has 2 rings (SSSR count). The van der Waals surface area contributed by atoms with E-state index < -0.39 is 5.60 Å². The Balaban J connectivity index is 1.75. The molecule has 1 fully saturated rings. The summed E-state index contributed by atoms with van der Waals surface area (Å²) in [5.74, 6) is 0.346. The number of thioether (sulfide) groups is 1. The average Bonchev–Trinajstić information content (AvgIpc) is 2.95. The first kappa shape index (κ1) is 24.1. The fourth-order valence-electron chi connectivity index (χ4n) is 2.69. The molecule has 3 amide bonds. The number of ether oxygens (including phenoxy) is 1. The van der Waals surface area contributed by atoms with E-state index in [9.17, 15) is 14.4 Å². The number of amides is 3. The van der Waals surface area contributed by atoms with Crippen molar-refractivity contribution in [3.8, 4) is 0 Å². The standard InChI is InChI=1S/C19H29N5O4S2/c1-5-13-29-17-22-21-16(30-17)20-14(25)7-8-15(26)23-9-6-10-24(12-11-23)18(27)28-19(2,3)4/h5H,1,6-13H2,2-4H3,(H,20,21,25). The lowest BCUT2D eigenvalue weighted by atomic mass is 10.2. The van der Waals surface area contributed by atoms with Gasteiger partial charge in [0.05, 0.1) is 0 Å². The van der Waals surface area contributed by atoms with Crippen LogP contribution in [0, 0.1) is 0 Å². The second kappa shape index (κ2) is 11.3. The van der Waals surface area contributed by atoms with Gasteiger partial charge in [0.1, 0.15) is 5.60 Å². The molecule has 0 atom stereocenters. The molecule has 1 saturated heterocycles. The molecular formula is C19H29N5O4S2. The Morgan fingerprint density at radius 3 is 2.57 bits per heavy atom. The van der Waals surface area contributed by atoms with E-state index in [2.05, 4.69) is 22.1 Å². The van der Waals surface area contributed by atoms with Gasteiger partial charge in [0.15, 0.2) is 4.34 Å². The molecule has 30 heavy (non-hydrogen) atoms. The summed E-state index contributed by atoms with van der Waals surface area (Å²) in [5, 5.41) is 11.0. The number of hydrogen-bond acceptors (Lipinski definition) is 8. The molecule has 0 aliphatic carbocycles. The van der Waals surface area contributed by atoms with Crippen LogP contribution in [-0.4, -0.2) is 75.4 Å². The molecular weight excluding hydrogens is 426 g/mol. The Hall–Kier alpha value is -2.14. The van der Waals surface area contributed by atoms with Crippen molar-refractivity contribution in [2.45, 2.75) is 50.0 Å². The van der Waals surface area contributed by atoms with Crippen molar-refractivity contribution < 1.29 is 19.1 Å². The molecule has 1 aromatic rings. The first-order chi connectivity index (χ1) is 14.2. The molecule has 0 unspecified atom stereocenters. The monoisotopic (exact) mass is 455 g/mol. The van der Waals surface area contributed by atoms with E-state index in [0.29, 0.717) is 37.7 Å². The quantitative estimate of drug-likeness (QED) is 0.383. The van der Waals surface area contributed by atoms with Crippen LogP contribution in [0.25, 0.3) is 0 Å². The van der Waals surface area contributed by atoms with Crippen LogP contribution in [0.4, 0.5) is 9.93 Å². The summed E-state index contributed by atoms with van der Waals surface area (Å²) in [5.41, 5.74) is -0.551. The van der Waals surface area contributed by atoms with E-state index in [1.54, 1.807) is 15.9 Å². The normalized spacial score (nSPS) is 14.8. The predicted octanol–water partition coefficient (Wildman–Crippen LogP) is 3.00. The molecule has 1 aromatic heterocycles. The number of carbonyl (C=O) groups excluding carboxylic acids is 3. The van der Waals surface area contributed by atoms with Gasteiger partial charge >= 0.3 is 6.09 Å². The van der Waals surface area contributed by atoms with Gasteiger partial charge in [-0.15, -0.1) is 16.8 Å². The van der Waals surface area contributed by atoms with Gasteiger partial charge in [0, 0.05) is 44.8 Å². The van der Waals surface area contributed by atoms with Crippen molar-refractivity contribution in [2.75, 3.05) is 37.2 Å². The summed E-state index contributed by atoms with van der Waals surface area (Å²) in [6.07, 6.45) is 2.26. The van der Waals surface area contributed by atoms with Gasteiger partial charge in [-0.3, -0.25) is 9.59 Å². The summed E-state index contributed by atoms with van der Waals surface area (Å²) >= 11 is 2.78. The topological polar surface area (TPSA) is 105 Å². The highest BCUT2D eigenvalue weighted by atomic mass is 32.2. The zero-order chi connectivity index (χ0) is 22.1. The van der Waals surface area contributed by atoms with Crippen LogP contribution >= 0.6 is 23.1 Å². The summed E-state index contributed by atoms with van der Waals surface area (Å²) in [6, 6.07) is 0. The Morgan fingerprint density at radius 1 is 1.17 bits per heavy atom. The minimum absolute atomic E-state index is 0.0693. The second-order valence-corrected chi connectivity index (χ2v) is 9.97. The number of carbonyl (C=O) groups is 3. The molecule has 0 bridgehead atoms. The first-order valence-corrected chi connectivity index (χ1v) is 11.6. The van der Waals surface area contributed by atoms with Gasteiger partial charge in [-0.25, -0.2) is 4.79 Å². The van der Waals surface area contributed by atoms with Crippen LogP contribution in [0.5, 0.6) is 0 Å². The highest BCUT2D eigenvalue weighted by Gasteiger charge is 2.26. The lowest BCUT2D eigenvalue weighted by Crippen LogP contribution is -2.40. The Morgan fingerprint density at radius 2 is 1.87 bits per heavy atom. The van der Waals surface area contributed by atoms with Crippen molar-refractivity contribution in [3.05, 3.63) is 12.7 Å². The number of rotatable bonds is 7. The van der Waals surface area contributed by atoms with E-state index in [4.69, 9.17) is 4.74 Å². The molecule has 0 aromatic carbocycles. The van der Waals surface area contributed by atoms with E-state index in [-0.39, 0.29) is 30.7 Å². The minimum atomic E-state index is -0.551. The maximum Gasteiger partial charge on any atom is 0.410 e. The third kappa shape index (κ3) is 8.31. The van der Waals surface area contributed by atoms with Gasteiger partial charge in [0.2, 0.25) is 16.9 Å². The Kier molecular flexibility index (Phi) is 9.09. The van der Waals surface area contributed by atoms with Crippen LogP contribution in [0.3, 0.4) is 0 Å². The zero-order valence-corrected chi connectivity index (χ0v) is 19.3. The second-order valence-electron chi connectivity index (χ2n) is 7.72. The van der Waals surface area contributed by atoms with E-state index in [1.165, 1.54) is 23.1 Å². The van der Waals surface area contributed by atoms with E-state index in [1.807, 2.05) is 20.8 Å². The van der Waals surface area contributed by atoms with Gasteiger partial charge in [-0.05, 0) is 27.2 Å². The number of nitrogens with one attached hydrogen (secondary N) is 1. The molecule has 0 radical (unpaired) electrons. The van der Waals surface area contributed by atoms with Gasteiger partial charge < -0.3 is 19.9 Å². The fourth-order valence-corrected chi connectivity index (χ4v) is 4.21. The number of hydrogen-bond donors (Lipinski definition) is 1. The van der Waals surface area contributed by atoms with Crippen LogP contribution in [0.1, 0.15) is 40.0 Å². The van der Waals surface area contributed by atoms with Crippen LogP contribution in [0.2, 0.25) is 0 Å². The highest BCUT2D eigenvalue weighted by Crippen LogP contribution is 2.25. The minimum Gasteiger partial charge on any atom is -0.444 e. The van der Waals surface area contributed by atoms with Crippen LogP contribution < -0.4 is 5.32 Å². The molecule has 9 nitrogen and oxygen atoms in total. The van der Waals surface area contributed by atoms with Gasteiger partial charge in [-0.2, -0.15) is 0 Å². The third-order valence-corrected chi connectivity index (χ3v) is 6.01. The Bertz CT molecular complexity index is 762. The summed E-state index contributed by atoms with van der Waals surface area (Å²) in [6.45, 7) is 11.1. The molecule has 11 heteroatoms. The molecule has 2 heterocycles. The van der Waals surface area contributed by atoms with Crippen LogP contribution in [-0.2, 0) is 14.3 Å². The average molecular weight is 456 g/mol. The predicted molar refractivity (Wildman–Crippen MR) is 118 cm³/mol. The SMILES string of the molecule is C=CCSc1nnc(NC(=O)CCC(=O)N2CCCN(C(=O)OC(C)(C)C)CC2)s1. The lowest BCUT2D eigenvalue weighted by Gasteiger charge is -2.26. The smallest absolute Gasteiger partial charge is 0.410 e. The van der Waals surface area contributed by atoms with E-state index in [0.717, 1.165) is 10.1 Å². The van der Waals surface area contributed by atoms with Crippen molar-refractivity contribution in [1.29, 1.82) is 0 Å². The zero-order valence-electron chi connectivity index (χ0n) is 17.7. The van der Waals surface area contributed by atoms with E-state index >= 15 is 0 Å². The maximum atomic E-state index is 12.5. The molecule has 1 N–H and O–H groups in total. The van der Waals surface area contributed by atoms with Gasteiger partial charge in [0.25, 0.3) is 0 Å². The van der Waals surface area contributed by atoms with Crippen molar-refractivity contribution in [1.82, 2.24) is 20.0 Å².